The van der Waals surface area contributed by atoms with E-state index in [0.717, 1.165) is 11.0 Å². The minimum absolute atomic E-state index is 0.183. The van der Waals surface area contributed by atoms with E-state index in [2.05, 4.69) is 26.5 Å². The number of hydrazone groups is 1. The Morgan fingerprint density at radius 2 is 1.95 bits per heavy atom. The third kappa shape index (κ3) is 2.90. The average Bonchev–Trinajstić information content (AvgIpc) is 3.10. The van der Waals surface area contributed by atoms with Crippen LogP contribution in [-0.4, -0.2) is 11.6 Å². The summed E-state index contributed by atoms with van der Waals surface area (Å²) in [5.74, 6) is 0.372. The predicted octanol–water partition coefficient (Wildman–Crippen LogP) is 3.94. The number of benzene rings is 1. The molecule has 6 heteroatoms. The Bertz CT molecular complexity index is 799. The van der Waals surface area contributed by atoms with Gasteiger partial charge in [0.15, 0.2) is 16.2 Å². The van der Waals surface area contributed by atoms with E-state index in [1.54, 1.807) is 19.1 Å². The number of carbonyl (C=O) groups is 1. The zero-order valence-corrected chi connectivity index (χ0v) is 12.7. The first kappa shape index (κ1) is 13.6. The lowest BCUT2D eigenvalue weighted by molar-refractivity contribution is 0.0926. The normalized spacial score (nSPS) is 11.8. The fourth-order valence-corrected chi connectivity index (χ4v) is 2.15. The summed E-state index contributed by atoms with van der Waals surface area (Å²) in [4.78, 5) is 11.8. The molecular weight excluding hydrogens is 336 g/mol. The Kier molecular flexibility index (Phi) is 3.62. The monoisotopic (exact) mass is 346 g/mol. The van der Waals surface area contributed by atoms with Crippen molar-refractivity contribution in [3.63, 3.8) is 0 Å². The molecule has 0 spiro atoms. The van der Waals surface area contributed by atoms with E-state index >= 15 is 0 Å². The van der Waals surface area contributed by atoms with Gasteiger partial charge >= 0.3 is 5.91 Å². The van der Waals surface area contributed by atoms with Crippen LogP contribution in [0.2, 0.25) is 0 Å². The Balaban J connectivity index is 1.78. The van der Waals surface area contributed by atoms with Crippen LogP contribution in [0.15, 0.2) is 61.1 Å². The Morgan fingerprint density at radius 1 is 1.14 bits per heavy atom. The summed E-state index contributed by atoms with van der Waals surface area (Å²) in [7, 11) is 0. The highest BCUT2D eigenvalue weighted by Gasteiger charge is 2.11. The second kappa shape index (κ2) is 5.57. The molecule has 0 atom stereocenters. The van der Waals surface area contributed by atoms with Gasteiger partial charge in [-0.25, -0.2) is 5.43 Å². The maximum absolute atomic E-state index is 11.8. The highest BCUT2D eigenvalue weighted by molar-refractivity contribution is 9.10. The largest absolute Gasteiger partial charge is 0.455 e. The zero-order valence-electron chi connectivity index (χ0n) is 11.1. The summed E-state index contributed by atoms with van der Waals surface area (Å²) in [5, 5.41) is 5.01. The molecule has 0 bridgehead atoms. The maximum Gasteiger partial charge on any atom is 0.307 e. The molecule has 2 heterocycles. The molecule has 0 saturated heterocycles. The van der Waals surface area contributed by atoms with Crippen LogP contribution in [-0.2, 0) is 0 Å². The molecule has 0 aliphatic carbocycles. The summed E-state index contributed by atoms with van der Waals surface area (Å²) >= 11 is 3.14. The van der Waals surface area contributed by atoms with Crippen molar-refractivity contribution in [2.45, 2.75) is 6.92 Å². The second-order valence-corrected chi connectivity index (χ2v) is 5.17. The second-order valence-electron chi connectivity index (χ2n) is 4.39. The molecule has 2 aromatic heterocycles. The van der Waals surface area contributed by atoms with Crippen LogP contribution in [0, 0.1) is 0 Å². The van der Waals surface area contributed by atoms with Gasteiger partial charge in [-0.1, -0.05) is 18.2 Å². The molecule has 0 aliphatic heterocycles. The fraction of sp³-hybridized carbons (Fsp3) is 0.0667. The lowest BCUT2D eigenvalue weighted by Gasteiger charge is -1.98. The number of amides is 1. The number of furan rings is 2. The number of para-hydroxylation sites is 1. The van der Waals surface area contributed by atoms with Crippen molar-refractivity contribution in [3.8, 4) is 0 Å². The summed E-state index contributed by atoms with van der Waals surface area (Å²) in [5.41, 5.74) is 3.78. The van der Waals surface area contributed by atoms with Gasteiger partial charge in [-0.15, -0.1) is 0 Å². The standard InChI is InChI=1S/C15H11BrN2O3/c1-9(13-8-10-4-2-3-5-11(10)20-13)17-18-15(19)12-6-7-14(16)21-12/h2-8H,1H3,(H,18,19)/b17-9-. The molecule has 0 radical (unpaired) electrons. The molecule has 1 N–H and O–H groups in total. The molecule has 1 amide bonds. The SMILES string of the molecule is C/C(=N/NC(=O)c1ccc(Br)o1)c1cc2ccccc2o1. The Labute approximate surface area is 128 Å². The smallest absolute Gasteiger partial charge is 0.307 e. The first-order valence-electron chi connectivity index (χ1n) is 6.22. The number of carbonyl (C=O) groups excluding carboxylic acids is 1. The van der Waals surface area contributed by atoms with E-state index in [-0.39, 0.29) is 5.76 Å². The van der Waals surface area contributed by atoms with Gasteiger partial charge in [0.1, 0.15) is 11.3 Å². The first-order valence-corrected chi connectivity index (χ1v) is 7.02. The maximum atomic E-state index is 11.8. The topological polar surface area (TPSA) is 67.7 Å². The molecule has 0 fully saturated rings. The van der Waals surface area contributed by atoms with Gasteiger partial charge in [0.25, 0.3) is 0 Å². The molecule has 21 heavy (non-hydrogen) atoms. The molecule has 3 rings (SSSR count). The van der Waals surface area contributed by atoms with Crippen LogP contribution in [0.3, 0.4) is 0 Å². The van der Waals surface area contributed by atoms with Gasteiger partial charge in [0, 0.05) is 5.39 Å². The Hall–Kier alpha value is -2.34. The van der Waals surface area contributed by atoms with Crippen LogP contribution in [0.5, 0.6) is 0 Å². The molecular formula is C15H11BrN2O3. The van der Waals surface area contributed by atoms with Gasteiger partial charge in [0.05, 0.1) is 0 Å². The predicted molar refractivity (Wildman–Crippen MR) is 82.3 cm³/mol. The number of halogens is 1. The van der Waals surface area contributed by atoms with E-state index < -0.39 is 5.91 Å². The van der Waals surface area contributed by atoms with Crippen LogP contribution in [0.25, 0.3) is 11.0 Å². The van der Waals surface area contributed by atoms with E-state index in [9.17, 15) is 4.79 Å². The lowest BCUT2D eigenvalue weighted by Crippen LogP contribution is -2.18. The number of nitrogens with zero attached hydrogens (tertiary/aromatic N) is 1. The highest BCUT2D eigenvalue weighted by atomic mass is 79.9. The molecule has 5 nitrogen and oxygen atoms in total. The van der Waals surface area contributed by atoms with E-state index in [0.29, 0.717) is 16.1 Å². The zero-order chi connectivity index (χ0) is 14.8. The molecule has 0 aliphatic rings. The van der Waals surface area contributed by atoms with Crippen molar-refractivity contribution >= 4 is 38.5 Å². The molecule has 3 aromatic rings. The van der Waals surface area contributed by atoms with Gasteiger partial charge in [-0.3, -0.25) is 4.79 Å². The van der Waals surface area contributed by atoms with Crippen LogP contribution in [0.4, 0.5) is 0 Å². The van der Waals surface area contributed by atoms with Crippen molar-refractivity contribution < 1.29 is 13.6 Å². The summed E-state index contributed by atoms with van der Waals surface area (Å²) < 4.78 is 11.3. The quantitative estimate of drug-likeness (QED) is 0.576. The van der Waals surface area contributed by atoms with Crippen molar-refractivity contribution in [2.24, 2.45) is 5.10 Å². The molecule has 106 valence electrons. The molecule has 1 aromatic carbocycles. The fourth-order valence-electron chi connectivity index (χ4n) is 1.84. The van der Waals surface area contributed by atoms with Crippen LogP contribution >= 0.6 is 15.9 Å². The lowest BCUT2D eigenvalue weighted by atomic mass is 10.2. The van der Waals surface area contributed by atoms with Crippen molar-refractivity contribution in [1.29, 1.82) is 0 Å². The van der Waals surface area contributed by atoms with E-state index in [1.165, 1.54) is 0 Å². The third-order valence-electron chi connectivity index (χ3n) is 2.90. The highest BCUT2D eigenvalue weighted by Crippen LogP contribution is 2.19. The third-order valence-corrected chi connectivity index (χ3v) is 3.33. The van der Waals surface area contributed by atoms with Crippen molar-refractivity contribution in [2.75, 3.05) is 0 Å². The molecule has 0 unspecified atom stereocenters. The number of nitrogens with one attached hydrogen (secondary N) is 1. The average molecular weight is 347 g/mol. The minimum atomic E-state index is -0.420. The number of fused-ring (bicyclic) bond motifs is 1. The van der Waals surface area contributed by atoms with E-state index in [1.807, 2.05) is 30.3 Å². The number of rotatable bonds is 3. The van der Waals surface area contributed by atoms with Gasteiger partial charge in [-0.05, 0) is 47.1 Å². The number of hydrogen-bond acceptors (Lipinski definition) is 4. The summed E-state index contributed by atoms with van der Waals surface area (Å²) in [6.45, 7) is 1.76. The van der Waals surface area contributed by atoms with Gasteiger partial charge < -0.3 is 8.83 Å². The summed E-state index contributed by atoms with van der Waals surface area (Å²) in [6.07, 6.45) is 0. The van der Waals surface area contributed by atoms with Crippen molar-refractivity contribution in [3.05, 3.63) is 58.7 Å². The van der Waals surface area contributed by atoms with E-state index in [4.69, 9.17) is 8.83 Å². The van der Waals surface area contributed by atoms with Crippen LogP contribution < -0.4 is 5.43 Å². The summed E-state index contributed by atoms with van der Waals surface area (Å²) in [6, 6.07) is 12.8. The van der Waals surface area contributed by atoms with Crippen molar-refractivity contribution in [1.82, 2.24) is 5.43 Å². The van der Waals surface area contributed by atoms with Gasteiger partial charge in [-0.2, -0.15) is 5.10 Å². The van der Waals surface area contributed by atoms with Crippen LogP contribution in [0.1, 0.15) is 23.2 Å². The number of hydrogen-bond donors (Lipinski definition) is 1. The minimum Gasteiger partial charge on any atom is -0.455 e. The molecule has 0 saturated carbocycles. The Morgan fingerprint density at radius 3 is 2.67 bits per heavy atom. The first-order chi connectivity index (χ1) is 10.1. The van der Waals surface area contributed by atoms with Gasteiger partial charge in [0.2, 0.25) is 0 Å².